The number of Topliss-reactive ketones (excluding diaryl/α,β-unsaturated/α-hetero) is 1. The minimum absolute atomic E-state index is 0.000203. The van der Waals surface area contributed by atoms with Crippen molar-refractivity contribution in [2.24, 2.45) is 0 Å². The maximum absolute atomic E-state index is 14.0. The molecule has 5 rings (SSSR count). The van der Waals surface area contributed by atoms with Crippen LogP contribution in [-0.2, 0) is 9.59 Å². The van der Waals surface area contributed by atoms with Gasteiger partial charge in [-0.1, -0.05) is 48.9 Å². The fourth-order valence-corrected chi connectivity index (χ4v) is 5.57. The highest BCUT2D eigenvalue weighted by Crippen LogP contribution is 2.48. The van der Waals surface area contributed by atoms with Crippen molar-refractivity contribution in [1.29, 1.82) is 0 Å². The highest BCUT2D eigenvalue weighted by Gasteiger charge is 2.41. The predicted octanol–water partition coefficient (Wildman–Crippen LogP) is 6.67. The Balaban J connectivity index is 1.72. The molecule has 37 heavy (non-hydrogen) atoms. The average Bonchev–Trinajstić information content (AvgIpc) is 3.06. The molecular formula is C30H29ClN2O4. The standard InChI is InChI=1S/C30H29ClN2O4/c1-4-28(35)33-24-11-6-5-10-22(24)32-23-15-20(18-8-7-9-21(31)14-18)16-25(34)29(23)30(33)19-12-13-26(36-2)27(17-19)37-3/h5-14,17,20,30,32H,4,15-16H2,1-3H3/t20-,30+/m0/s1. The number of amides is 1. The number of anilines is 2. The fourth-order valence-electron chi connectivity index (χ4n) is 5.37. The van der Waals surface area contributed by atoms with Crippen molar-refractivity contribution in [3.05, 3.63) is 94.1 Å². The molecule has 1 N–H and O–H groups in total. The van der Waals surface area contributed by atoms with E-state index in [1.165, 1.54) is 0 Å². The number of rotatable bonds is 5. The van der Waals surface area contributed by atoms with Crippen molar-refractivity contribution >= 4 is 34.7 Å². The van der Waals surface area contributed by atoms with E-state index >= 15 is 0 Å². The molecule has 0 fully saturated rings. The van der Waals surface area contributed by atoms with E-state index in [4.69, 9.17) is 21.1 Å². The topological polar surface area (TPSA) is 67.9 Å². The summed E-state index contributed by atoms with van der Waals surface area (Å²) in [5, 5.41) is 4.19. The molecular weight excluding hydrogens is 488 g/mol. The Morgan fingerprint density at radius 1 is 0.973 bits per heavy atom. The number of methoxy groups -OCH3 is 2. The molecule has 3 aromatic rings. The molecule has 0 unspecified atom stereocenters. The van der Waals surface area contributed by atoms with Crippen molar-refractivity contribution < 1.29 is 19.1 Å². The quantitative estimate of drug-likeness (QED) is 0.410. The molecule has 190 valence electrons. The highest BCUT2D eigenvalue weighted by atomic mass is 35.5. The Morgan fingerprint density at radius 2 is 1.76 bits per heavy atom. The molecule has 0 aromatic heterocycles. The first-order chi connectivity index (χ1) is 17.9. The minimum atomic E-state index is -0.619. The third-order valence-electron chi connectivity index (χ3n) is 7.10. The number of para-hydroxylation sites is 2. The first kappa shape index (κ1) is 24.9. The van der Waals surface area contributed by atoms with Crippen LogP contribution in [0.25, 0.3) is 0 Å². The van der Waals surface area contributed by atoms with E-state index in [0.29, 0.717) is 41.4 Å². The molecule has 0 bridgehead atoms. The number of carbonyl (C=O) groups is 2. The average molecular weight is 517 g/mol. The molecule has 1 heterocycles. The Morgan fingerprint density at radius 3 is 2.49 bits per heavy atom. The van der Waals surface area contributed by atoms with Gasteiger partial charge >= 0.3 is 0 Å². The number of ketones is 1. The molecule has 0 spiro atoms. The lowest BCUT2D eigenvalue weighted by atomic mass is 9.78. The summed E-state index contributed by atoms with van der Waals surface area (Å²) in [7, 11) is 3.16. The van der Waals surface area contributed by atoms with Crippen LogP contribution < -0.4 is 19.7 Å². The Kier molecular flexibility index (Phi) is 6.94. The zero-order valence-electron chi connectivity index (χ0n) is 21.1. The summed E-state index contributed by atoms with van der Waals surface area (Å²) in [6.45, 7) is 1.84. The summed E-state index contributed by atoms with van der Waals surface area (Å²) in [5.41, 5.74) is 4.74. The largest absolute Gasteiger partial charge is 0.493 e. The van der Waals surface area contributed by atoms with E-state index in [9.17, 15) is 9.59 Å². The van der Waals surface area contributed by atoms with E-state index in [-0.39, 0.29) is 17.6 Å². The van der Waals surface area contributed by atoms with Gasteiger partial charge in [-0.05, 0) is 59.9 Å². The summed E-state index contributed by atoms with van der Waals surface area (Å²) < 4.78 is 11.0. The van der Waals surface area contributed by atoms with Gasteiger partial charge in [0.25, 0.3) is 0 Å². The SMILES string of the molecule is CCC(=O)N1c2ccccc2NC2=C(C(=O)C[C@@H](c3cccc(Cl)c3)C2)[C@H]1c1ccc(OC)c(OC)c1. The normalized spacial score (nSPS) is 18.9. The van der Waals surface area contributed by atoms with Crippen molar-refractivity contribution in [3.8, 4) is 11.5 Å². The minimum Gasteiger partial charge on any atom is -0.493 e. The molecule has 0 saturated carbocycles. The lowest BCUT2D eigenvalue weighted by Gasteiger charge is -2.35. The number of halogens is 1. The Bertz CT molecular complexity index is 1400. The summed E-state index contributed by atoms with van der Waals surface area (Å²) >= 11 is 6.28. The van der Waals surface area contributed by atoms with Gasteiger partial charge in [0.05, 0.1) is 31.6 Å². The van der Waals surface area contributed by atoms with Crippen LogP contribution in [0, 0.1) is 0 Å². The van der Waals surface area contributed by atoms with E-state index in [2.05, 4.69) is 5.32 Å². The number of hydrogen-bond acceptors (Lipinski definition) is 5. The summed E-state index contributed by atoms with van der Waals surface area (Å²) in [4.78, 5) is 29.3. The van der Waals surface area contributed by atoms with Gasteiger partial charge < -0.3 is 14.8 Å². The van der Waals surface area contributed by atoms with Crippen molar-refractivity contribution in [3.63, 3.8) is 0 Å². The van der Waals surface area contributed by atoms with Crippen LogP contribution in [0.1, 0.15) is 49.3 Å². The number of fused-ring (bicyclic) bond motifs is 1. The molecule has 2 atom stereocenters. The third kappa shape index (κ3) is 4.58. The van der Waals surface area contributed by atoms with Gasteiger partial charge in [-0.3, -0.25) is 14.5 Å². The van der Waals surface area contributed by atoms with Crippen LogP contribution in [-0.4, -0.2) is 25.9 Å². The van der Waals surface area contributed by atoms with Gasteiger partial charge in [-0.25, -0.2) is 0 Å². The molecule has 1 aliphatic carbocycles. The fraction of sp³-hybridized carbons (Fsp3) is 0.267. The van der Waals surface area contributed by atoms with E-state index in [1.54, 1.807) is 19.1 Å². The number of nitrogens with one attached hydrogen (secondary N) is 1. The number of benzene rings is 3. The van der Waals surface area contributed by atoms with Crippen LogP contribution in [0.2, 0.25) is 5.02 Å². The number of hydrogen-bond donors (Lipinski definition) is 1. The third-order valence-corrected chi connectivity index (χ3v) is 7.34. The summed E-state index contributed by atoms with van der Waals surface area (Å²) in [6, 6.07) is 20.3. The molecule has 1 aliphatic heterocycles. The second kappa shape index (κ2) is 10.3. The van der Waals surface area contributed by atoms with Gasteiger partial charge in [0, 0.05) is 29.1 Å². The Labute approximate surface area is 221 Å². The molecule has 7 heteroatoms. The second-order valence-corrected chi connectivity index (χ2v) is 9.69. The summed E-state index contributed by atoms with van der Waals surface area (Å²) in [6.07, 6.45) is 1.24. The van der Waals surface area contributed by atoms with Gasteiger partial charge in [0.15, 0.2) is 17.3 Å². The molecule has 6 nitrogen and oxygen atoms in total. The molecule has 2 aliphatic rings. The van der Waals surface area contributed by atoms with Gasteiger partial charge in [0.1, 0.15) is 0 Å². The maximum Gasteiger partial charge on any atom is 0.227 e. The molecule has 0 saturated heterocycles. The van der Waals surface area contributed by atoms with Crippen LogP contribution in [0.3, 0.4) is 0 Å². The number of allylic oxidation sites excluding steroid dienone is 1. The van der Waals surface area contributed by atoms with Crippen LogP contribution in [0.5, 0.6) is 11.5 Å². The van der Waals surface area contributed by atoms with Gasteiger partial charge in [0.2, 0.25) is 5.91 Å². The van der Waals surface area contributed by atoms with Crippen molar-refractivity contribution in [2.75, 3.05) is 24.4 Å². The molecule has 3 aromatic carbocycles. The first-order valence-corrected chi connectivity index (χ1v) is 12.7. The molecule has 0 radical (unpaired) electrons. The second-order valence-electron chi connectivity index (χ2n) is 9.25. The van der Waals surface area contributed by atoms with Crippen molar-refractivity contribution in [2.45, 2.75) is 38.1 Å². The van der Waals surface area contributed by atoms with Crippen LogP contribution in [0.4, 0.5) is 11.4 Å². The number of ether oxygens (including phenoxy) is 2. The van der Waals surface area contributed by atoms with Gasteiger partial charge in [-0.15, -0.1) is 0 Å². The predicted molar refractivity (Wildman–Crippen MR) is 146 cm³/mol. The number of carbonyl (C=O) groups excluding carboxylic acids is 2. The van der Waals surface area contributed by atoms with Crippen LogP contribution >= 0.6 is 11.6 Å². The van der Waals surface area contributed by atoms with E-state index in [1.807, 2.05) is 73.7 Å². The molecule has 1 amide bonds. The summed E-state index contributed by atoms with van der Waals surface area (Å²) in [5.74, 6) is 1.02. The highest BCUT2D eigenvalue weighted by molar-refractivity contribution is 6.30. The first-order valence-electron chi connectivity index (χ1n) is 12.4. The van der Waals surface area contributed by atoms with E-state index < -0.39 is 6.04 Å². The van der Waals surface area contributed by atoms with Crippen molar-refractivity contribution in [1.82, 2.24) is 0 Å². The maximum atomic E-state index is 14.0. The zero-order chi connectivity index (χ0) is 26.1. The lowest BCUT2D eigenvalue weighted by Crippen LogP contribution is -2.38. The number of nitrogens with zero attached hydrogens (tertiary/aromatic N) is 1. The van der Waals surface area contributed by atoms with E-state index in [0.717, 1.165) is 28.2 Å². The lowest BCUT2D eigenvalue weighted by molar-refractivity contribution is -0.119. The zero-order valence-corrected chi connectivity index (χ0v) is 21.8. The Hall–Kier alpha value is -3.77. The smallest absolute Gasteiger partial charge is 0.227 e. The van der Waals surface area contributed by atoms with Gasteiger partial charge in [-0.2, -0.15) is 0 Å². The monoisotopic (exact) mass is 516 g/mol. The van der Waals surface area contributed by atoms with Crippen LogP contribution in [0.15, 0.2) is 78.0 Å².